The summed E-state index contributed by atoms with van der Waals surface area (Å²) in [6.45, 7) is 7.28. The van der Waals surface area contributed by atoms with Gasteiger partial charge in [-0.1, -0.05) is 24.3 Å². The quantitative estimate of drug-likeness (QED) is 0.324. The summed E-state index contributed by atoms with van der Waals surface area (Å²) in [5.74, 6) is -0.259. The molecule has 4 heterocycles. The van der Waals surface area contributed by atoms with Crippen molar-refractivity contribution in [1.82, 2.24) is 14.5 Å². The lowest BCUT2D eigenvalue weighted by Gasteiger charge is -2.41. The van der Waals surface area contributed by atoms with Crippen molar-refractivity contribution in [2.75, 3.05) is 45.2 Å². The number of hydrogen-bond acceptors (Lipinski definition) is 9. The fourth-order valence-corrected chi connectivity index (χ4v) is 5.56. The van der Waals surface area contributed by atoms with E-state index in [4.69, 9.17) is 9.57 Å². The molecule has 0 spiro atoms. The van der Waals surface area contributed by atoms with E-state index in [9.17, 15) is 24.4 Å². The second-order valence-electron chi connectivity index (χ2n) is 11.3. The third-order valence-electron chi connectivity index (χ3n) is 7.19. The molecular weight excluding hydrogens is 558 g/mol. The molecule has 0 saturated carbocycles. The molecule has 2 aromatic heterocycles. The zero-order chi connectivity index (χ0) is 30.8. The number of fused-ring (bicyclic) bond motifs is 1. The number of likely N-dealkylation sites (tertiary alicyclic amines) is 1. The van der Waals surface area contributed by atoms with E-state index in [-0.39, 0.29) is 40.7 Å². The number of ketones is 1. The number of aryl methyl sites for hydroxylation is 1. The fourth-order valence-electron chi connectivity index (χ4n) is 4.81. The molecule has 11 nitrogen and oxygen atoms in total. The molecule has 1 aromatic carbocycles. The van der Waals surface area contributed by atoms with Crippen molar-refractivity contribution in [3.63, 3.8) is 0 Å². The summed E-state index contributed by atoms with van der Waals surface area (Å²) in [5, 5.41) is 13.5. The fraction of sp³-hybridized carbons (Fsp3) is 0.433. The first-order chi connectivity index (χ1) is 19.9. The predicted molar refractivity (Wildman–Crippen MR) is 159 cm³/mol. The van der Waals surface area contributed by atoms with Crippen molar-refractivity contribution in [2.24, 2.45) is 18.9 Å². The summed E-state index contributed by atoms with van der Waals surface area (Å²) in [6, 6.07) is 13.3. The molecule has 3 aromatic rings. The van der Waals surface area contributed by atoms with E-state index < -0.39 is 5.60 Å². The highest BCUT2D eigenvalue weighted by atomic mass is 32.1. The number of hydroxylamine groups is 2. The van der Waals surface area contributed by atoms with Gasteiger partial charge in [-0.15, -0.1) is 11.3 Å². The van der Waals surface area contributed by atoms with Gasteiger partial charge in [-0.05, 0) is 38.3 Å². The molecular formula is C30H35N5O6S. The van der Waals surface area contributed by atoms with Crippen LogP contribution in [-0.4, -0.2) is 78.3 Å². The highest BCUT2D eigenvalue weighted by Crippen LogP contribution is 2.34. The number of benzene rings is 1. The molecule has 222 valence electrons. The number of anilines is 1. The molecule has 0 atom stereocenters. The third-order valence-corrected chi connectivity index (χ3v) is 8.07. The van der Waals surface area contributed by atoms with Gasteiger partial charge in [0.2, 0.25) is 0 Å². The second kappa shape index (κ2) is 12.3. The maximum Gasteiger partial charge on any atom is 0.410 e. The molecule has 0 radical (unpaired) electrons. The van der Waals surface area contributed by atoms with Gasteiger partial charge < -0.3 is 19.1 Å². The Morgan fingerprint density at radius 1 is 1.05 bits per heavy atom. The summed E-state index contributed by atoms with van der Waals surface area (Å²) in [4.78, 5) is 57.3. The molecule has 42 heavy (non-hydrogen) atoms. The average molecular weight is 594 g/mol. The maximum atomic E-state index is 12.5. The Labute approximate surface area is 248 Å². The number of para-hydroxylation sites is 1. The average Bonchev–Trinajstić information content (AvgIpc) is 3.44. The number of pyridine rings is 1. The smallest absolute Gasteiger partial charge is 0.410 e. The second-order valence-corrected chi connectivity index (χ2v) is 12.2. The Balaban J connectivity index is 0.000000209. The molecule has 0 unspecified atom stereocenters. The lowest BCUT2D eigenvalue weighted by molar-refractivity contribution is -0.178. The Morgan fingerprint density at radius 3 is 2.29 bits per heavy atom. The van der Waals surface area contributed by atoms with E-state index in [1.807, 2.05) is 67.4 Å². The first-order valence-corrected chi connectivity index (χ1v) is 14.4. The molecule has 2 saturated heterocycles. The standard InChI is InChI=1S/C19H15N3O2S.C11H20N2O4/c1-21-15-6-3-2-5-13(15)17(14(9-20)19(21)24)22-10-12(11-22)18(23)16-7-4-8-25-16;1-11(2,3)17-10(15)13-6-8(7-13)9(14)12(4)16-5/h2-8,12H,10-11H2,1H3;8H,6-7H2,1-5H3. The number of ether oxygens (including phenoxy) is 1. The number of nitriles is 1. The highest BCUT2D eigenvalue weighted by molar-refractivity contribution is 7.12. The summed E-state index contributed by atoms with van der Waals surface area (Å²) < 4.78 is 6.69. The van der Waals surface area contributed by atoms with Crippen LogP contribution in [0.25, 0.3) is 10.9 Å². The molecule has 2 fully saturated rings. The van der Waals surface area contributed by atoms with Crippen LogP contribution in [0.4, 0.5) is 10.5 Å². The zero-order valence-corrected chi connectivity index (χ0v) is 25.4. The normalized spacial score (nSPS) is 15.2. The van der Waals surface area contributed by atoms with Crippen LogP contribution in [0, 0.1) is 23.2 Å². The van der Waals surface area contributed by atoms with E-state index in [2.05, 4.69) is 6.07 Å². The lowest BCUT2D eigenvalue weighted by atomic mass is 9.92. The van der Waals surface area contributed by atoms with E-state index in [0.29, 0.717) is 31.9 Å². The van der Waals surface area contributed by atoms with E-state index >= 15 is 0 Å². The SMILES string of the molecule is CON(C)C(=O)C1CN(C(=O)OC(C)(C)C)C1.Cn1c(=O)c(C#N)c(N2CC(C(=O)c3cccs3)C2)c2ccccc21. The predicted octanol–water partition coefficient (Wildman–Crippen LogP) is 3.66. The minimum absolute atomic E-state index is 0.0898. The van der Waals surface area contributed by atoms with Gasteiger partial charge >= 0.3 is 6.09 Å². The van der Waals surface area contributed by atoms with Gasteiger partial charge in [-0.25, -0.2) is 9.86 Å². The molecule has 12 heteroatoms. The van der Waals surface area contributed by atoms with Gasteiger partial charge in [0.05, 0.1) is 35.0 Å². The van der Waals surface area contributed by atoms with Gasteiger partial charge in [0.1, 0.15) is 17.2 Å². The lowest BCUT2D eigenvalue weighted by Crippen LogP contribution is -2.56. The summed E-state index contributed by atoms with van der Waals surface area (Å²) in [5.41, 5.74) is 0.772. The minimum atomic E-state index is -0.504. The maximum absolute atomic E-state index is 12.5. The van der Waals surface area contributed by atoms with Crippen LogP contribution in [0.1, 0.15) is 36.0 Å². The van der Waals surface area contributed by atoms with Crippen molar-refractivity contribution in [2.45, 2.75) is 26.4 Å². The van der Waals surface area contributed by atoms with E-state index in [1.54, 1.807) is 14.1 Å². The summed E-state index contributed by atoms with van der Waals surface area (Å²) in [7, 11) is 4.66. The first-order valence-electron chi connectivity index (χ1n) is 13.5. The van der Waals surface area contributed by atoms with Crippen molar-refractivity contribution < 1.29 is 24.0 Å². The molecule has 5 rings (SSSR count). The molecule has 0 aliphatic carbocycles. The third kappa shape index (κ3) is 6.32. The van der Waals surface area contributed by atoms with Crippen LogP contribution in [0.15, 0.2) is 46.6 Å². The van der Waals surface area contributed by atoms with Gasteiger partial charge in [0.15, 0.2) is 5.78 Å². The van der Waals surface area contributed by atoms with Crippen LogP contribution in [-0.2, 0) is 21.4 Å². The van der Waals surface area contributed by atoms with Crippen molar-refractivity contribution in [3.8, 4) is 6.07 Å². The van der Waals surface area contributed by atoms with E-state index in [1.165, 1.54) is 33.0 Å². The number of amides is 2. The Kier molecular flexibility index (Phi) is 9.03. The number of aromatic nitrogens is 1. The van der Waals surface area contributed by atoms with Crippen LogP contribution in [0.5, 0.6) is 0 Å². The number of thiophene rings is 1. The van der Waals surface area contributed by atoms with Crippen LogP contribution in [0.2, 0.25) is 0 Å². The first kappa shape index (κ1) is 30.7. The van der Waals surface area contributed by atoms with Crippen molar-refractivity contribution >= 4 is 45.7 Å². The molecule has 0 N–H and O–H groups in total. The number of hydrogen-bond donors (Lipinski definition) is 0. The van der Waals surface area contributed by atoms with Crippen molar-refractivity contribution in [1.29, 1.82) is 5.26 Å². The summed E-state index contributed by atoms with van der Waals surface area (Å²) >= 11 is 1.45. The zero-order valence-electron chi connectivity index (χ0n) is 24.6. The molecule has 2 amide bonds. The number of carbonyl (C=O) groups is 3. The van der Waals surface area contributed by atoms with Crippen molar-refractivity contribution in [3.05, 3.63) is 62.6 Å². The van der Waals surface area contributed by atoms with E-state index in [0.717, 1.165) is 15.8 Å². The van der Waals surface area contributed by atoms with Gasteiger partial charge in [0, 0.05) is 45.7 Å². The van der Waals surface area contributed by atoms with Gasteiger partial charge in [0.25, 0.3) is 11.5 Å². The highest BCUT2D eigenvalue weighted by Gasteiger charge is 2.39. The van der Waals surface area contributed by atoms with Crippen LogP contribution in [0.3, 0.4) is 0 Å². The van der Waals surface area contributed by atoms with Gasteiger partial charge in [-0.3, -0.25) is 19.2 Å². The summed E-state index contributed by atoms with van der Waals surface area (Å²) in [6.07, 6.45) is -0.374. The van der Waals surface area contributed by atoms with Gasteiger partial charge in [-0.2, -0.15) is 5.26 Å². The topological polar surface area (TPSA) is 125 Å². The molecule has 0 bridgehead atoms. The molecule has 2 aliphatic rings. The number of nitrogens with zero attached hydrogens (tertiary/aromatic N) is 5. The largest absolute Gasteiger partial charge is 0.444 e. The Morgan fingerprint density at radius 2 is 1.71 bits per heavy atom. The molecule has 2 aliphatic heterocycles. The van der Waals surface area contributed by atoms with Crippen LogP contribution < -0.4 is 10.5 Å². The minimum Gasteiger partial charge on any atom is -0.444 e. The van der Waals surface area contributed by atoms with Crippen LogP contribution >= 0.6 is 11.3 Å². The number of carbonyl (C=O) groups excluding carboxylic acids is 3. The number of Topliss-reactive ketones (excluding diaryl/α,β-unsaturated/α-hetero) is 1. The Hall–Kier alpha value is -4.21. The number of rotatable bonds is 5. The monoisotopic (exact) mass is 593 g/mol. The Bertz CT molecular complexity index is 1570.